The minimum absolute atomic E-state index is 0.189. The highest BCUT2D eigenvalue weighted by Gasteiger charge is 2.18. The second-order valence-corrected chi connectivity index (χ2v) is 15.7. The van der Waals surface area contributed by atoms with Gasteiger partial charge in [0.05, 0.1) is 23.3 Å². The van der Waals surface area contributed by atoms with E-state index in [1.807, 2.05) is 18.3 Å². The van der Waals surface area contributed by atoms with Crippen molar-refractivity contribution < 1.29 is 14.6 Å². The van der Waals surface area contributed by atoms with Crippen molar-refractivity contribution >= 4 is 31.0 Å². The number of pyridine rings is 2. The molecule has 182 valence electrons. The zero-order valence-electron chi connectivity index (χ0n) is 20.2. The van der Waals surface area contributed by atoms with Crippen molar-refractivity contribution in [1.29, 1.82) is 0 Å². The number of carbonyl (C=O) groups is 1. The van der Waals surface area contributed by atoms with Crippen LogP contribution in [0.15, 0.2) is 30.6 Å². The smallest absolute Gasteiger partial charge is 0.320 e. The Morgan fingerprint density at radius 1 is 1.24 bits per heavy atom. The lowest BCUT2D eigenvalue weighted by Gasteiger charge is -2.15. The van der Waals surface area contributed by atoms with E-state index in [0.717, 1.165) is 48.4 Å². The van der Waals surface area contributed by atoms with Crippen molar-refractivity contribution in [1.82, 2.24) is 25.1 Å². The Bertz CT molecular complexity index is 1140. The number of aromatic nitrogens is 4. The molecule has 1 saturated carbocycles. The second-order valence-electron chi connectivity index (χ2n) is 10.1. The number of carbonyl (C=O) groups excluding carboxylic acids is 1. The standard InChI is InChI=1S/C24H34N6O3Si/c1-34(2,3)11-10-33-16-30-14-19(22(15-31)29-30)17-12-21-20(25-13-17)8-9-23(27-21)28-24(32)26-18-6-4-5-7-18/h8-9,12-14,18,31H,4-7,10-11,15-16H2,1-3H3,(H2,26,27,28,32). The van der Waals surface area contributed by atoms with E-state index in [1.54, 1.807) is 16.9 Å². The zero-order chi connectivity index (χ0) is 24.1. The number of hydrogen-bond acceptors (Lipinski definition) is 6. The summed E-state index contributed by atoms with van der Waals surface area (Å²) in [5, 5.41) is 20.1. The average molecular weight is 483 g/mol. The van der Waals surface area contributed by atoms with E-state index in [4.69, 9.17) is 4.74 Å². The zero-order valence-corrected chi connectivity index (χ0v) is 21.2. The van der Waals surface area contributed by atoms with Gasteiger partial charge in [0.1, 0.15) is 12.5 Å². The molecule has 10 heteroatoms. The second kappa shape index (κ2) is 10.6. The quantitative estimate of drug-likeness (QED) is 0.308. The van der Waals surface area contributed by atoms with E-state index in [0.29, 0.717) is 30.4 Å². The predicted molar refractivity (Wildman–Crippen MR) is 135 cm³/mol. The number of urea groups is 1. The molecule has 0 aromatic carbocycles. The number of hydrogen-bond donors (Lipinski definition) is 3. The van der Waals surface area contributed by atoms with Crippen LogP contribution in [0, 0.1) is 0 Å². The van der Waals surface area contributed by atoms with Gasteiger partial charge in [0.15, 0.2) is 0 Å². The first-order valence-corrected chi connectivity index (χ1v) is 15.6. The lowest BCUT2D eigenvalue weighted by Crippen LogP contribution is -2.36. The lowest BCUT2D eigenvalue weighted by molar-refractivity contribution is 0.0779. The van der Waals surface area contributed by atoms with Crippen LogP contribution in [0.25, 0.3) is 22.2 Å². The van der Waals surface area contributed by atoms with Gasteiger partial charge in [0.2, 0.25) is 0 Å². The molecule has 1 aliphatic carbocycles. The highest BCUT2D eigenvalue weighted by Crippen LogP contribution is 2.26. The number of aliphatic hydroxyl groups is 1. The number of nitrogens with one attached hydrogen (secondary N) is 2. The van der Waals surface area contributed by atoms with E-state index >= 15 is 0 Å². The molecule has 3 heterocycles. The highest BCUT2D eigenvalue weighted by atomic mass is 28.3. The van der Waals surface area contributed by atoms with Gasteiger partial charge in [-0.2, -0.15) is 5.10 Å². The summed E-state index contributed by atoms with van der Waals surface area (Å²) in [4.78, 5) is 21.4. The fraction of sp³-hybridized carbons (Fsp3) is 0.500. The molecule has 4 rings (SSSR count). The van der Waals surface area contributed by atoms with Crippen LogP contribution in [0.1, 0.15) is 31.4 Å². The third kappa shape index (κ3) is 6.40. The fourth-order valence-corrected chi connectivity index (χ4v) is 4.81. The van der Waals surface area contributed by atoms with Crippen molar-refractivity contribution in [2.24, 2.45) is 0 Å². The average Bonchev–Trinajstić information content (AvgIpc) is 3.45. The van der Waals surface area contributed by atoms with Gasteiger partial charge in [-0.15, -0.1) is 0 Å². The molecule has 0 radical (unpaired) electrons. The van der Waals surface area contributed by atoms with Gasteiger partial charge >= 0.3 is 6.03 Å². The molecule has 0 spiro atoms. The molecule has 34 heavy (non-hydrogen) atoms. The number of ether oxygens (including phenoxy) is 1. The minimum atomic E-state index is -1.15. The Morgan fingerprint density at radius 2 is 2.03 bits per heavy atom. The van der Waals surface area contributed by atoms with Crippen LogP contribution < -0.4 is 10.6 Å². The summed E-state index contributed by atoms with van der Waals surface area (Å²) >= 11 is 0. The van der Waals surface area contributed by atoms with Gasteiger partial charge < -0.3 is 15.2 Å². The van der Waals surface area contributed by atoms with E-state index in [2.05, 4.69) is 45.3 Å². The van der Waals surface area contributed by atoms with Crippen molar-refractivity contribution in [2.75, 3.05) is 11.9 Å². The third-order valence-corrected chi connectivity index (χ3v) is 7.69. The van der Waals surface area contributed by atoms with Crippen molar-refractivity contribution in [3.05, 3.63) is 36.3 Å². The molecule has 1 aliphatic rings. The van der Waals surface area contributed by atoms with Crippen LogP contribution >= 0.6 is 0 Å². The molecule has 0 atom stereocenters. The molecule has 0 aliphatic heterocycles. The molecule has 3 aromatic heterocycles. The van der Waals surface area contributed by atoms with Crippen LogP contribution in [0.4, 0.5) is 10.6 Å². The van der Waals surface area contributed by atoms with Gasteiger partial charge in [0.25, 0.3) is 0 Å². The van der Waals surface area contributed by atoms with E-state index < -0.39 is 8.07 Å². The molecular weight excluding hydrogens is 448 g/mol. The summed E-state index contributed by atoms with van der Waals surface area (Å²) in [6, 6.07) is 6.57. The number of amides is 2. The maximum atomic E-state index is 12.3. The van der Waals surface area contributed by atoms with Crippen LogP contribution in [-0.2, 0) is 18.1 Å². The Kier molecular flexibility index (Phi) is 7.59. The number of anilines is 1. The van der Waals surface area contributed by atoms with E-state index in [-0.39, 0.29) is 18.7 Å². The van der Waals surface area contributed by atoms with E-state index in [9.17, 15) is 9.90 Å². The summed E-state index contributed by atoms with van der Waals surface area (Å²) in [5.41, 5.74) is 3.51. The van der Waals surface area contributed by atoms with Crippen LogP contribution in [-0.4, -0.2) is 51.6 Å². The Hall–Kier alpha value is -2.82. The first-order chi connectivity index (χ1) is 16.3. The van der Waals surface area contributed by atoms with E-state index in [1.165, 1.54) is 0 Å². The highest BCUT2D eigenvalue weighted by molar-refractivity contribution is 6.76. The maximum absolute atomic E-state index is 12.3. The fourth-order valence-electron chi connectivity index (χ4n) is 4.05. The Labute approximate surface area is 201 Å². The van der Waals surface area contributed by atoms with Crippen LogP contribution in [0.5, 0.6) is 0 Å². The monoisotopic (exact) mass is 482 g/mol. The number of aliphatic hydroxyl groups excluding tert-OH is 1. The first kappa shape index (κ1) is 24.3. The number of nitrogens with zero attached hydrogens (tertiary/aromatic N) is 4. The molecule has 1 fully saturated rings. The van der Waals surface area contributed by atoms with Crippen molar-refractivity contribution in [3.8, 4) is 11.1 Å². The van der Waals surface area contributed by atoms with Crippen molar-refractivity contribution in [3.63, 3.8) is 0 Å². The molecule has 0 bridgehead atoms. The molecular formula is C24H34N6O3Si. The number of rotatable bonds is 9. The van der Waals surface area contributed by atoms with Gasteiger partial charge in [-0.05, 0) is 37.1 Å². The lowest BCUT2D eigenvalue weighted by atomic mass is 10.1. The summed E-state index contributed by atoms with van der Waals surface area (Å²) in [6.45, 7) is 7.79. The van der Waals surface area contributed by atoms with Gasteiger partial charge in [-0.3, -0.25) is 10.3 Å². The normalized spacial score (nSPS) is 14.6. The molecule has 9 nitrogen and oxygen atoms in total. The number of fused-ring (bicyclic) bond motifs is 1. The minimum Gasteiger partial charge on any atom is -0.390 e. The largest absolute Gasteiger partial charge is 0.390 e. The first-order valence-electron chi connectivity index (χ1n) is 11.9. The topological polar surface area (TPSA) is 114 Å². The molecule has 0 saturated heterocycles. The maximum Gasteiger partial charge on any atom is 0.320 e. The van der Waals surface area contributed by atoms with Gasteiger partial charge in [-0.25, -0.2) is 14.5 Å². The molecule has 3 N–H and O–H groups in total. The van der Waals surface area contributed by atoms with Gasteiger partial charge in [-0.1, -0.05) is 32.5 Å². The SMILES string of the molecule is C[Si](C)(C)CCOCn1cc(-c2cnc3ccc(NC(=O)NC4CCCC4)nc3c2)c(CO)n1. The summed E-state index contributed by atoms with van der Waals surface area (Å²) in [6.07, 6.45) is 7.97. The van der Waals surface area contributed by atoms with Crippen molar-refractivity contribution in [2.45, 2.75) is 70.7 Å². The third-order valence-electron chi connectivity index (χ3n) is 5.99. The van der Waals surface area contributed by atoms with Gasteiger partial charge in [0, 0.05) is 44.2 Å². The summed E-state index contributed by atoms with van der Waals surface area (Å²) in [7, 11) is -1.15. The Balaban J connectivity index is 1.47. The Morgan fingerprint density at radius 3 is 2.76 bits per heavy atom. The predicted octanol–water partition coefficient (Wildman–Crippen LogP) is 4.36. The molecule has 0 unspecified atom stereocenters. The molecule has 3 aromatic rings. The van der Waals surface area contributed by atoms with Crippen LogP contribution in [0.3, 0.4) is 0 Å². The van der Waals surface area contributed by atoms with Crippen LogP contribution in [0.2, 0.25) is 25.7 Å². The summed E-state index contributed by atoms with van der Waals surface area (Å²) < 4.78 is 7.50. The molecule has 2 amide bonds. The summed E-state index contributed by atoms with van der Waals surface area (Å²) in [5.74, 6) is 0.468.